The first-order valence-corrected chi connectivity index (χ1v) is 14.2. The second kappa shape index (κ2) is 12.9. The fourth-order valence-corrected chi connectivity index (χ4v) is 5.15. The van der Waals surface area contributed by atoms with Crippen LogP contribution in [0.3, 0.4) is 0 Å². The van der Waals surface area contributed by atoms with Crippen LogP contribution in [0.2, 0.25) is 0 Å². The molecule has 0 aliphatic carbocycles. The van der Waals surface area contributed by atoms with Gasteiger partial charge in [0.15, 0.2) is 0 Å². The fourth-order valence-electron chi connectivity index (χ4n) is 4.10. The summed E-state index contributed by atoms with van der Waals surface area (Å²) in [5.74, 6) is -0.796. The maximum Gasteiger partial charge on any atom is 0.304 e. The van der Waals surface area contributed by atoms with Crippen molar-refractivity contribution in [1.29, 1.82) is 0 Å². The summed E-state index contributed by atoms with van der Waals surface area (Å²) in [7, 11) is -1.16. The lowest BCUT2D eigenvalue weighted by molar-refractivity contribution is -0.140. The van der Waals surface area contributed by atoms with Crippen molar-refractivity contribution in [3.05, 3.63) is 102 Å². The molecule has 0 spiro atoms. The zero-order valence-electron chi connectivity index (χ0n) is 23.2. The van der Waals surface area contributed by atoms with Gasteiger partial charge in [0.1, 0.15) is 12.6 Å². The van der Waals surface area contributed by atoms with Gasteiger partial charge in [-0.2, -0.15) is 12.7 Å². The Hall–Kier alpha value is -3.69. The summed E-state index contributed by atoms with van der Waals surface area (Å²) >= 11 is 0. The minimum Gasteiger partial charge on any atom is -0.350 e. The molecule has 1 N–H and O–H groups in total. The molecule has 0 radical (unpaired) electrons. The van der Waals surface area contributed by atoms with Crippen LogP contribution in [0.4, 0.5) is 5.69 Å². The second-order valence-electron chi connectivity index (χ2n) is 10.6. The molecule has 0 bridgehead atoms. The van der Waals surface area contributed by atoms with Gasteiger partial charge < -0.3 is 10.2 Å². The Morgan fingerprint density at radius 3 is 1.77 bits per heavy atom. The number of hydrogen-bond donors (Lipinski definition) is 1. The maximum atomic E-state index is 14.1. The lowest BCUT2D eigenvalue weighted by Crippen LogP contribution is -2.56. The van der Waals surface area contributed by atoms with Crippen LogP contribution in [-0.2, 0) is 32.8 Å². The Labute approximate surface area is 232 Å². The summed E-state index contributed by atoms with van der Waals surface area (Å²) < 4.78 is 28.8. The van der Waals surface area contributed by atoms with Crippen LogP contribution in [0.5, 0.6) is 0 Å². The van der Waals surface area contributed by atoms with E-state index >= 15 is 0 Å². The highest BCUT2D eigenvalue weighted by Crippen LogP contribution is 2.22. The number of nitrogens with zero attached hydrogens (tertiary/aromatic N) is 3. The highest BCUT2D eigenvalue weighted by Gasteiger charge is 2.35. The zero-order valence-corrected chi connectivity index (χ0v) is 24.1. The van der Waals surface area contributed by atoms with Gasteiger partial charge in [0.25, 0.3) is 0 Å². The van der Waals surface area contributed by atoms with Crippen LogP contribution in [-0.4, -0.2) is 61.7 Å². The molecule has 9 heteroatoms. The fraction of sp³-hybridized carbons (Fsp3) is 0.333. The molecule has 2 amide bonds. The Bertz CT molecular complexity index is 1330. The van der Waals surface area contributed by atoms with E-state index in [1.807, 2.05) is 81.4 Å². The van der Waals surface area contributed by atoms with Gasteiger partial charge in [-0.05, 0) is 44.0 Å². The van der Waals surface area contributed by atoms with E-state index in [-0.39, 0.29) is 18.9 Å². The number of nitrogens with one attached hydrogen (secondary N) is 1. The van der Waals surface area contributed by atoms with Gasteiger partial charge in [0.05, 0.1) is 5.69 Å². The lowest BCUT2D eigenvalue weighted by atomic mass is 10.0. The van der Waals surface area contributed by atoms with E-state index in [1.165, 1.54) is 19.0 Å². The molecule has 3 aromatic carbocycles. The number of para-hydroxylation sites is 1. The van der Waals surface area contributed by atoms with Crippen molar-refractivity contribution in [2.24, 2.45) is 0 Å². The van der Waals surface area contributed by atoms with E-state index < -0.39 is 34.2 Å². The first kappa shape index (κ1) is 29.9. The van der Waals surface area contributed by atoms with Gasteiger partial charge in [-0.15, -0.1) is 0 Å². The maximum absolute atomic E-state index is 14.1. The van der Waals surface area contributed by atoms with E-state index in [0.29, 0.717) is 5.69 Å². The smallest absolute Gasteiger partial charge is 0.304 e. The third-order valence-corrected chi connectivity index (χ3v) is 7.85. The van der Waals surface area contributed by atoms with Crippen LogP contribution >= 0.6 is 0 Å². The summed E-state index contributed by atoms with van der Waals surface area (Å²) in [5, 5.41) is 3.02. The van der Waals surface area contributed by atoms with Crippen LogP contribution in [0.1, 0.15) is 31.9 Å². The minimum atomic E-state index is -4.01. The number of carbonyl (C=O) groups is 2. The van der Waals surface area contributed by atoms with Gasteiger partial charge in [-0.1, -0.05) is 78.9 Å². The van der Waals surface area contributed by atoms with Crippen molar-refractivity contribution in [1.82, 2.24) is 14.5 Å². The first-order valence-electron chi connectivity index (χ1n) is 12.8. The molecule has 0 aliphatic rings. The predicted molar refractivity (Wildman–Crippen MR) is 155 cm³/mol. The number of benzene rings is 3. The number of anilines is 1. The largest absolute Gasteiger partial charge is 0.350 e. The molecule has 0 aliphatic heterocycles. The molecule has 0 saturated carbocycles. The van der Waals surface area contributed by atoms with Crippen molar-refractivity contribution < 1.29 is 18.0 Å². The van der Waals surface area contributed by atoms with Crippen LogP contribution < -0.4 is 9.62 Å². The molecule has 208 valence electrons. The van der Waals surface area contributed by atoms with Gasteiger partial charge in [0, 0.05) is 32.6 Å². The third kappa shape index (κ3) is 8.40. The summed E-state index contributed by atoms with van der Waals surface area (Å²) in [6.07, 6.45) is 0.271. The zero-order chi connectivity index (χ0) is 28.6. The van der Waals surface area contributed by atoms with Crippen molar-refractivity contribution in [3.8, 4) is 0 Å². The quantitative estimate of drug-likeness (QED) is 0.393. The van der Waals surface area contributed by atoms with Gasteiger partial charge >= 0.3 is 10.2 Å². The SMILES string of the molecule is CN(C)S(=O)(=O)N(CC(=O)N(Cc1ccccc1)C(Cc1ccccc1)C(=O)NC(C)(C)C)c1ccccc1. The minimum absolute atomic E-state index is 0.138. The summed E-state index contributed by atoms with van der Waals surface area (Å²) in [6, 6.07) is 26.5. The lowest BCUT2D eigenvalue weighted by Gasteiger charge is -2.35. The molecule has 39 heavy (non-hydrogen) atoms. The molecule has 8 nitrogen and oxygen atoms in total. The van der Waals surface area contributed by atoms with E-state index in [4.69, 9.17) is 0 Å². The standard InChI is InChI=1S/C30H38N4O4S/c1-30(2,3)31-29(36)27(21-24-15-9-6-10-16-24)33(22-25-17-11-7-12-18-25)28(35)23-34(39(37,38)32(4)5)26-19-13-8-14-20-26/h6-20,27H,21-23H2,1-5H3,(H,31,36). The number of amides is 2. The number of carbonyl (C=O) groups excluding carboxylic acids is 2. The molecule has 0 aromatic heterocycles. The predicted octanol–water partition coefficient (Wildman–Crippen LogP) is 3.85. The Morgan fingerprint density at radius 2 is 1.28 bits per heavy atom. The molecule has 0 fully saturated rings. The molecular formula is C30H38N4O4S. The van der Waals surface area contributed by atoms with E-state index in [2.05, 4.69) is 5.32 Å². The summed E-state index contributed by atoms with van der Waals surface area (Å²) in [5.41, 5.74) is 1.54. The van der Waals surface area contributed by atoms with Crippen molar-refractivity contribution in [2.75, 3.05) is 24.9 Å². The van der Waals surface area contributed by atoms with E-state index in [9.17, 15) is 18.0 Å². The van der Waals surface area contributed by atoms with Crippen molar-refractivity contribution in [2.45, 2.75) is 45.3 Å². The number of hydrogen-bond acceptors (Lipinski definition) is 4. The second-order valence-corrected chi connectivity index (χ2v) is 12.7. The molecular weight excluding hydrogens is 512 g/mol. The summed E-state index contributed by atoms with van der Waals surface area (Å²) in [6.45, 7) is 5.32. The highest BCUT2D eigenvalue weighted by molar-refractivity contribution is 7.90. The first-order chi connectivity index (χ1) is 18.4. The van der Waals surface area contributed by atoms with Crippen LogP contribution in [0.25, 0.3) is 0 Å². The molecule has 1 atom stereocenters. The van der Waals surface area contributed by atoms with Crippen LogP contribution in [0, 0.1) is 0 Å². The molecule has 3 aromatic rings. The highest BCUT2D eigenvalue weighted by atomic mass is 32.2. The summed E-state index contributed by atoms with van der Waals surface area (Å²) in [4.78, 5) is 29.3. The Morgan fingerprint density at radius 1 is 0.795 bits per heavy atom. The average Bonchev–Trinajstić information content (AvgIpc) is 2.89. The van der Waals surface area contributed by atoms with Crippen LogP contribution in [0.15, 0.2) is 91.0 Å². The topological polar surface area (TPSA) is 90.0 Å². The molecule has 1 unspecified atom stereocenters. The van der Waals surface area contributed by atoms with Gasteiger partial charge in [0.2, 0.25) is 11.8 Å². The van der Waals surface area contributed by atoms with Crippen molar-refractivity contribution >= 4 is 27.7 Å². The monoisotopic (exact) mass is 550 g/mol. The number of rotatable bonds is 11. The van der Waals surface area contributed by atoms with Gasteiger partial charge in [-0.3, -0.25) is 9.59 Å². The average molecular weight is 551 g/mol. The molecule has 3 rings (SSSR count). The Balaban J connectivity index is 2.07. The normalized spacial score (nSPS) is 12.6. The third-order valence-electron chi connectivity index (χ3n) is 6.03. The molecule has 0 saturated heterocycles. The Kier molecular flexibility index (Phi) is 9.88. The molecule has 0 heterocycles. The van der Waals surface area contributed by atoms with Gasteiger partial charge in [-0.25, -0.2) is 4.31 Å². The van der Waals surface area contributed by atoms with Crippen molar-refractivity contribution in [3.63, 3.8) is 0 Å². The van der Waals surface area contributed by atoms with E-state index in [0.717, 1.165) is 19.7 Å². The van der Waals surface area contributed by atoms with E-state index in [1.54, 1.807) is 30.3 Å².